The summed E-state index contributed by atoms with van der Waals surface area (Å²) in [5, 5.41) is 2.59. The highest BCUT2D eigenvalue weighted by Crippen LogP contribution is 2.23. The van der Waals surface area contributed by atoms with Crippen LogP contribution in [0.2, 0.25) is 0 Å². The number of hydrogen-bond acceptors (Lipinski definition) is 3. The van der Waals surface area contributed by atoms with E-state index in [1.807, 2.05) is 0 Å². The lowest BCUT2D eigenvalue weighted by atomic mass is 10.1. The van der Waals surface area contributed by atoms with E-state index in [4.69, 9.17) is 5.48 Å². The molecule has 20 heavy (non-hydrogen) atoms. The van der Waals surface area contributed by atoms with Gasteiger partial charge in [-0.25, -0.2) is 0 Å². The Bertz CT molecular complexity index is 846. The maximum atomic E-state index is 12.7. The average Bonchev–Trinajstić information content (AvgIpc) is 2.57. The number of aromatic nitrogens is 1. The third-order valence-corrected chi connectivity index (χ3v) is 3.31. The van der Waals surface area contributed by atoms with Gasteiger partial charge in [0, 0.05) is 16.2 Å². The zero-order valence-corrected chi connectivity index (χ0v) is 13.1. The van der Waals surface area contributed by atoms with Gasteiger partial charge in [0.25, 0.3) is 0 Å². The van der Waals surface area contributed by atoms with Gasteiger partial charge >= 0.3 is 0 Å². The van der Waals surface area contributed by atoms with Gasteiger partial charge in [0.05, 0.1) is 16.5 Å². The first-order chi connectivity index (χ1) is 11.3. The maximum absolute atomic E-state index is 12.7. The fourth-order valence-electron chi connectivity index (χ4n) is 1.46. The number of amides is 1. The highest BCUT2D eigenvalue weighted by Gasteiger charge is 2.16. The molecule has 0 aliphatic rings. The number of pyridine rings is 1. The van der Waals surface area contributed by atoms with Crippen LogP contribution in [0.1, 0.15) is 21.5 Å². The Labute approximate surface area is 138 Å². The molecule has 1 N–H and O–H groups in total. The van der Waals surface area contributed by atoms with E-state index in [-0.39, 0.29) is 22.5 Å². The quantitative estimate of drug-likeness (QED) is 0.630. The van der Waals surface area contributed by atoms with Crippen LogP contribution in [0.25, 0.3) is 0 Å². The SMILES string of the molecule is [2H]c1nc(C(=O)c2cc(Br)ccc2NC(=O)CBr)c([2H])c([2H])c1[2H]. The van der Waals surface area contributed by atoms with Gasteiger partial charge in [0.1, 0.15) is 5.69 Å². The minimum Gasteiger partial charge on any atom is -0.325 e. The number of hydrogen-bond donors (Lipinski definition) is 1. The van der Waals surface area contributed by atoms with Crippen molar-refractivity contribution in [2.45, 2.75) is 0 Å². The molecule has 0 saturated carbocycles. The molecular weight excluding hydrogens is 388 g/mol. The lowest BCUT2D eigenvalue weighted by molar-refractivity contribution is -0.113. The van der Waals surface area contributed by atoms with Gasteiger partial charge < -0.3 is 5.32 Å². The van der Waals surface area contributed by atoms with E-state index in [1.54, 1.807) is 6.07 Å². The van der Waals surface area contributed by atoms with E-state index in [9.17, 15) is 9.59 Å². The minimum absolute atomic E-state index is 0.0416. The first kappa shape index (κ1) is 10.2. The van der Waals surface area contributed by atoms with Crippen LogP contribution < -0.4 is 5.32 Å². The number of alkyl halides is 1. The van der Waals surface area contributed by atoms with Crippen molar-refractivity contribution in [2.24, 2.45) is 0 Å². The van der Waals surface area contributed by atoms with Gasteiger partial charge in [-0.1, -0.05) is 37.9 Å². The van der Waals surface area contributed by atoms with E-state index >= 15 is 0 Å². The van der Waals surface area contributed by atoms with Crippen molar-refractivity contribution in [3.8, 4) is 0 Å². The van der Waals surface area contributed by atoms with Crippen LogP contribution >= 0.6 is 31.9 Å². The van der Waals surface area contributed by atoms with Crippen LogP contribution in [0, 0.1) is 0 Å². The molecule has 0 unspecified atom stereocenters. The van der Waals surface area contributed by atoms with Crippen molar-refractivity contribution in [1.82, 2.24) is 4.98 Å². The molecule has 0 radical (unpaired) electrons. The Kier molecular flexibility index (Phi) is 3.46. The Morgan fingerprint density at radius 1 is 1.35 bits per heavy atom. The Hall–Kier alpha value is -1.53. The summed E-state index contributed by atoms with van der Waals surface area (Å²) in [5.41, 5.74) is -0.119. The molecule has 0 aliphatic heterocycles. The first-order valence-corrected chi connectivity index (χ1v) is 7.32. The van der Waals surface area contributed by atoms with Gasteiger partial charge in [0.15, 0.2) is 0 Å². The second-order valence-electron chi connectivity index (χ2n) is 3.65. The lowest BCUT2D eigenvalue weighted by Crippen LogP contribution is -2.16. The summed E-state index contributed by atoms with van der Waals surface area (Å²) in [6.45, 7) is 0. The molecule has 0 atom stereocenters. The van der Waals surface area contributed by atoms with E-state index in [1.165, 1.54) is 12.1 Å². The van der Waals surface area contributed by atoms with E-state index in [0.29, 0.717) is 4.47 Å². The van der Waals surface area contributed by atoms with E-state index < -0.39 is 35.8 Å². The van der Waals surface area contributed by atoms with Crippen LogP contribution in [-0.4, -0.2) is 22.0 Å². The second-order valence-corrected chi connectivity index (χ2v) is 5.12. The Morgan fingerprint density at radius 2 is 2.15 bits per heavy atom. The zero-order valence-electron chi connectivity index (χ0n) is 14.0. The fourth-order valence-corrected chi connectivity index (χ4v) is 1.96. The van der Waals surface area contributed by atoms with Crippen molar-refractivity contribution in [1.29, 1.82) is 0 Å². The van der Waals surface area contributed by atoms with Gasteiger partial charge in [-0.15, -0.1) is 0 Å². The Balaban J connectivity index is 2.58. The third kappa shape index (κ3) is 3.52. The van der Waals surface area contributed by atoms with Crippen LogP contribution in [0.5, 0.6) is 0 Å². The molecule has 1 heterocycles. The number of carbonyl (C=O) groups excluding carboxylic acids is 2. The molecule has 4 nitrogen and oxygen atoms in total. The number of carbonyl (C=O) groups is 2. The van der Waals surface area contributed by atoms with Gasteiger partial charge in [-0.3, -0.25) is 14.6 Å². The minimum atomic E-state index is -0.715. The second kappa shape index (κ2) is 6.76. The average molecular weight is 402 g/mol. The number of rotatable bonds is 4. The molecule has 1 amide bonds. The van der Waals surface area contributed by atoms with Crippen LogP contribution in [-0.2, 0) is 4.79 Å². The number of ketones is 1. The number of anilines is 1. The number of halogens is 2. The van der Waals surface area contributed by atoms with E-state index in [0.717, 1.165) is 0 Å². The summed E-state index contributed by atoms with van der Waals surface area (Å²) < 4.78 is 31.1. The summed E-state index contributed by atoms with van der Waals surface area (Å²) in [4.78, 5) is 28.0. The van der Waals surface area contributed by atoms with Crippen molar-refractivity contribution in [3.63, 3.8) is 0 Å². The molecular formula is C14H10Br2N2O2. The normalized spacial score (nSPS) is 12.9. The molecule has 0 bridgehead atoms. The summed E-state index contributed by atoms with van der Waals surface area (Å²) in [6, 6.07) is 3.02. The highest BCUT2D eigenvalue weighted by atomic mass is 79.9. The fraction of sp³-hybridized carbons (Fsp3) is 0.0714. The molecule has 2 rings (SSSR count). The number of nitrogens with one attached hydrogen (secondary N) is 1. The van der Waals surface area contributed by atoms with Crippen molar-refractivity contribution < 1.29 is 15.1 Å². The monoisotopic (exact) mass is 400 g/mol. The van der Waals surface area contributed by atoms with Crippen molar-refractivity contribution in [3.05, 3.63) is 58.2 Å². The summed E-state index contributed by atoms with van der Waals surface area (Å²) >= 11 is 6.25. The largest absolute Gasteiger partial charge is 0.325 e. The molecule has 0 spiro atoms. The number of benzene rings is 1. The van der Waals surface area contributed by atoms with Crippen LogP contribution in [0.4, 0.5) is 5.69 Å². The van der Waals surface area contributed by atoms with Gasteiger partial charge in [-0.2, -0.15) is 0 Å². The zero-order chi connectivity index (χ0) is 18.0. The maximum Gasteiger partial charge on any atom is 0.235 e. The molecule has 0 aliphatic carbocycles. The highest BCUT2D eigenvalue weighted by molar-refractivity contribution is 9.10. The van der Waals surface area contributed by atoms with Crippen LogP contribution in [0.3, 0.4) is 0 Å². The molecule has 2 aromatic rings. The molecule has 1 aromatic heterocycles. The first-order valence-electron chi connectivity index (χ1n) is 7.40. The third-order valence-electron chi connectivity index (χ3n) is 2.30. The molecule has 0 saturated heterocycles. The predicted molar refractivity (Wildman–Crippen MR) is 84.2 cm³/mol. The Morgan fingerprint density at radius 3 is 2.90 bits per heavy atom. The van der Waals surface area contributed by atoms with E-state index in [2.05, 4.69) is 42.2 Å². The topological polar surface area (TPSA) is 59.1 Å². The van der Waals surface area contributed by atoms with Crippen LogP contribution in [0.15, 0.2) is 47.0 Å². The smallest absolute Gasteiger partial charge is 0.235 e. The van der Waals surface area contributed by atoms with Gasteiger partial charge in [-0.05, 0) is 30.3 Å². The van der Waals surface area contributed by atoms with Crippen molar-refractivity contribution >= 4 is 49.2 Å². The standard InChI is InChI=1S/C14H10Br2N2O2/c15-8-13(19)18-11-5-4-9(16)7-10(11)14(20)12-3-1-2-6-17-12/h1-7H,8H2,(H,18,19)/i1D,2D,3D,6D. The predicted octanol–water partition coefficient (Wildman–Crippen LogP) is 3.41. The molecule has 0 fully saturated rings. The summed E-state index contributed by atoms with van der Waals surface area (Å²) in [7, 11) is 0. The summed E-state index contributed by atoms with van der Waals surface area (Å²) in [6.07, 6.45) is -0.555. The molecule has 102 valence electrons. The molecule has 6 heteroatoms. The van der Waals surface area contributed by atoms with Crippen molar-refractivity contribution in [2.75, 3.05) is 10.6 Å². The summed E-state index contributed by atoms with van der Waals surface area (Å²) in [5.74, 6) is -1.08. The molecule has 1 aromatic carbocycles. The van der Waals surface area contributed by atoms with Gasteiger partial charge in [0.2, 0.25) is 11.7 Å². The number of nitrogens with zero attached hydrogens (tertiary/aromatic N) is 1. The lowest BCUT2D eigenvalue weighted by Gasteiger charge is -2.10.